The van der Waals surface area contributed by atoms with Crippen LogP contribution in [0.25, 0.3) is 0 Å². The number of carboxylic acids is 1. The molecule has 2 amide bonds. The Balaban J connectivity index is 1.95. The van der Waals surface area contributed by atoms with Gasteiger partial charge in [0, 0.05) is 18.7 Å². The van der Waals surface area contributed by atoms with E-state index in [0.29, 0.717) is 30.8 Å². The number of anilines is 1. The third-order valence-electron chi connectivity index (χ3n) is 4.04. The average Bonchev–Trinajstić information content (AvgIpc) is 3.02. The summed E-state index contributed by atoms with van der Waals surface area (Å²) in [5.41, 5.74) is 0.458. The van der Waals surface area contributed by atoms with Gasteiger partial charge in [-0.25, -0.2) is 4.79 Å². The van der Waals surface area contributed by atoms with Crippen molar-refractivity contribution in [2.75, 3.05) is 18.5 Å². The molecule has 1 aromatic carbocycles. The zero-order valence-corrected chi connectivity index (χ0v) is 15.4. The van der Waals surface area contributed by atoms with Crippen molar-refractivity contribution in [1.29, 1.82) is 0 Å². The smallest absolute Gasteiger partial charge is 0.341 e. The van der Waals surface area contributed by atoms with Crippen molar-refractivity contribution < 1.29 is 24.2 Å². The van der Waals surface area contributed by atoms with Crippen LogP contribution in [-0.2, 0) is 14.4 Å². The topological polar surface area (TPSA) is 95.9 Å². The molecule has 7 heteroatoms. The van der Waals surface area contributed by atoms with E-state index >= 15 is 0 Å². The summed E-state index contributed by atoms with van der Waals surface area (Å²) < 4.78 is 5.06. The molecule has 2 N–H and O–H groups in total. The number of rotatable bonds is 6. The van der Waals surface area contributed by atoms with Crippen molar-refractivity contribution >= 4 is 23.5 Å². The van der Waals surface area contributed by atoms with Gasteiger partial charge >= 0.3 is 5.97 Å². The maximum atomic E-state index is 12.6. The number of amides is 2. The summed E-state index contributed by atoms with van der Waals surface area (Å²) in [5.74, 6) is -0.839. The highest BCUT2D eigenvalue weighted by Gasteiger charge is 2.35. The number of likely N-dealkylation sites (tertiary alicyclic amines) is 1. The van der Waals surface area contributed by atoms with Crippen LogP contribution in [0.1, 0.15) is 40.0 Å². The molecule has 1 aliphatic heterocycles. The van der Waals surface area contributed by atoms with Crippen LogP contribution in [0, 0.1) is 5.41 Å². The third kappa shape index (κ3) is 5.75. The highest BCUT2D eigenvalue weighted by atomic mass is 16.5. The molecule has 1 aliphatic rings. The van der Waals surface area contributed by atoms with Crippen molar-refractivity contribution in [3.8, 4) is 5.75 Å². The van der Waals surface area contributed by atoms with E-state index in [1.165, 1.54) is 0 Å². The lowest BCUT2D eigenvalue weighted by Gasteiger charge is -2.27. The summed E-state index contributed by atoms with van der Waals surface area (Å²) >= 11 is 0. The second-order valence-corrected chi connectivity index (χ2v) is 7.68. The molecule has 26 heavy (non-hydrogen) atoms. The van der Waals surface area contributed by atoms with E-state index in [1.807, 2.05) is 20.8 Å². The number of nitrogens with one attached hydrogen (secondary N) is 1. The zero-order chi connectivity index (χ0) is 19.3. The van der Waals surface area contributed by atoms with E-state index < -0.39 is 18.6 Å². The van der Waals surface area contributed by atoms with Gasteiger partial charge in [0.15, 0.2) is 6.61 Å². The van der Waals surface area contributed by atoms with E-state index in [0.717, 1.165) is 6.42 Å². The molecule has 1 atom stereocenters. The Morgan fingerprint density at radius 1 is 1.23 bits per heavy atom. The molecule has 2 rings (SSSR count). The van der Waals surface area contributed by atoms with Crippen LogP contribution >= 0.6 is 0 Å². The first kappa shape index (κ1) is 19.8. The Hall–Kier alpha value is -2.57. The fourth-order valence-corrected chi connectivity index (χ4v) is 2.90. The van der Waals surface area contributed by atoms with E-state index in [4.69, 9.17) is 9.84 Å². The fraction of sp³-hybridized carbons (Fsp3) is 0.526. The summed E-state index contributed by atoms with van der Waals surface area (Å²) in [6.45, 7) is 6.20. The molecule has 142 valence electrons. The fourth-order valence-electron chi connectivity index (χ4n) is 2.90. The Kier molecular flexibility index (Phi) is 6.23. The number of aliphatic carboxylic acids is 1. The minimum atomic E-state index is -1.05. The summed E-state index contributed by atoms with van der Waals surface area (Å²) in [4.78, 5) is 37.2. The Morgan fingerprint density at radius 3 is 2.46 bits per heavy atom. The first-order chi connectivity index (χ1) is 12.2. The van der Waals surface area contributed by atoms with Crippen LogP contribution in [0.4, 0.5) is 5.69 Å². The molecule has 1 unspecified atom stereocenters. The van der Waals surface area contributed by atoms with Crippen LogP contribution in [-0.4, -0.2) is 47.0 Å². The molecule has 0 bridgehead atoms. The number of hydrogen-bond donors (Lipinski definition) is 2. The van der Waals surface area contributed by atoms with Gasteiger partial charge in [-0.15, -0.1) is 0 Å². The summed E-state index contributed by atoms with van der Waals surface area (Å²) in [5, 5.41) is 11.4. The van der Waals surface area contributed by atoms with Gasteiger partial charge in [0.1, 0.15) is 11.8 Å². The molecule has 0 aliphatic carbocycles. The lowest BCUT2D eigenvalue weighted by atomic mass is 9.91. The van der Waals surface area contributed by atoms with E-state index in [1.54, 1.807) is 29.2 Å². The minimum Gasteiger partial charge on any atom is -0.482 e. The number of carbonyl (C=O) groups is 3. The molecule has 7 nitrogen and oxygen atoms in total. The predicted octanol–water partition coefficient (Wildman–Crippen LogP) is 2.52. The van der Waals surface area contributed by atoms with Crippen molar-refractivity contribution in [2.45, 2.75) is 46.1 Å². The second-order valence-electron chi connectivity index (χ2n) is 7.68. The highest BCUT2D eigenvalue weighted by molar-refractivity contribution is 5.97. The molecule has 0 radical (unpaired) electrons. The molecular formula is C19H26N2O5. The van der Waals surface area contributed by atoms with Crippen molar-refractivity contribution in [1.82, 2.24) is 4.90 Å². The van der Waals surface area contributed by atoms with E-state index in [-0.39, 0.29) is 17.2 Å². The number of hydrogen-bond acceptors (Lipinski definition) is 4. The predicted molar refractivity (Wildman–Crippen MR) is 97.0 cm³/mol. The lowest BCUT2D eigenvalue weighted by molar-refractivity contribution is -0.139. The number of benzene rings is 1. The Labute approximate surface area is 153 Å². The van der Waals surface area contributed by atoms with E-state index in [9.17, 15) is 14.4 Å². The first-order valence-electron chi connectivity index (χ1n) is 8.71. The van der Waals surface area contributed by atoms with Crippen LogP contribution in [0.5, 0.6) is 5.75 Å². The second kappa shape index (κ2) is 8.21. The van der Waals surface area contributed by atoms with Crippen LogP contribution < -0.4 is 10.1 Å². The van der Waals surface area contributed by atoms with Crippen LogP contribution in [0.3, 0.4) is 0 Å². The van der Waals surface area contributed by atoms with Gasteiger partial charge in [0.2, 0.25) is 11.8 Å². The number of carboxylic acid groups (broad SMARTS) is 1. The molecule has 0 saturated carbocycles. The van der Waals surface area contributed by atoms with Gasteiger partial charge < -0.3 is 20.1 Å². The highest BCUT2D eigenvalue weighted by Crippen LogP contribution is 2.25. The van der Waals surface area contributed by atoms with Crippen LogP contribution in [0.2, 0.25) is 0 Å². The quantitative estimate of drug-likeness (QED) is 0.811. The van der Waals surface area contributed by atoms with Gasteiger partial charge in [-0.3, -0.25) is 9.59 Å². The average molecular weight is 362 g/mol. The number of nitrogens with zero attached hydrogens (tertiary/aromatic N) is 1. The van der Waals surface area contributed by atoms with Crippen molar-refractivity contribution in [3.05, 3.63) is 24.3 Å². The standard InChI is InChI=1S/C19H26N2O5/c1-19(2,3)11-16(22)21-10-4-5-15(21)18(25)20-13-6-8-14(9-7-13)26-12-17(23)24/h6-9,15H,4-5,10-12H2,1-3H3,(H,20,25)(H,23,24). The summed E-state index contributed by atoms with van der Waals surface area (Å²) in [6, 6.07) is 6.02. The number of ether oxygens (including phenoxy) is 1. The lowest BCUT2D eigenvalue weighted by Crippen LogP contribution is -2.44. The SMILES string of the molecule is CC(C)(C)CC(=O)N1CCCC1C(=O)Nc1ccc(OCC(=O)O)cc1. The van der Waals surface area contributed by atoms with Crippen molar-refractivity contribution in [2.24, 2.45) is 5.41 Å². The van der Waals surface area contributed by atoms with Gasteiger partial charge in [-0.05, 0) is 42.5 Å². The largest absolute Gasteiger partial charge is 0.482 e. The van der Waals surface area contributed by atoms with Gasteiger partial charge in [0.05, 0.1) is 0 Å². The summed E-state index contributed by atoms with van der Waals surface area (Å²) in [6.07, 6.45) is 1.88. The number of carbonyl (C=O) groups excluding carboxylic acids is 2. The van der Waals surface area contributed by atoms with E-state index in [2.05, 4.69) is 5.32 Å². The molecule has 1 saturated heterocycles. The summed E-state index contributed by atoms with van der Waals surface area (Å²) in [7, 11) is 0. The molecular weight excluding hydrogens is 336 g/mol. The Bertz CT molecular complexity index is 664. The van der Waals surface area contributed by atoms with Crippen molar-refractivity contribution in [3.63, 3.8) is 0 Å². The minimum absolute atomic E-state index is 0.00701. The Morgan fingerprint density at radius 2 is 1.88 bits per heavy atom. The van der Waals surface area contributed by atoms with Gasteiger partial charge in [-0.2, -0.15) is 0 Å². The molecule has 0 aromatic heterocycles. The maximum absolute atomic E-state index is 12.6. The van der Waals surface area contributed by atoms with Crippen LogP contribution in [0.15, 0.2) is 24.3 Å². The third-order valence-corrected chi connectivity index (χ3v) is 4.04. The molecule has 0 spiro atoms. The first-order valence-corrected chi connectivity index (χ1v) is 8.71. The molecule has 1 aromatic rings. The maximum Gasteiger partial charge on any atom is 0.341 e. The molecule has 1 fully saturated rings. The zero-order valence-electron chi connectivity index (χ0n) is 15.4. The van der Waals surface area contributed by atoms with Gasteiger partial charge in [0.25, 0.3) is 0 Å². The monoisotopic (exact) mass is 362 g/mol. The molecule has 1 heterocycles. The normalized spacial score (nSPS) is 17.0. The van der Waals surface area contributed by atoms with Gasteiger partial charge in [-0.1, -0.05) is 20.8 Å².